The highest BCUT2D eigenvalue weighted by atomic mass is 35.5. The van der Waals surface area contributed by atoms with Crippen LogP contribution in [0.15, 0.2) is 29.1 Å². The van der Waals surface area contributed by atoms with E-state index in [0.717, 1.165) is 11.1 Å². The summed E-state index contributed by atoms with van der Waals surface area (Å²) in [6.45, 7) is 3.73. The van der Waals surface area contributed by atoms with Crippen molar-refractivity contribution >= 4 is 34.2 Å². The Morgan fingerprint density at radius 2 is 2.00 bits per heavy atom. The number of aromatic carboxylic acids is 1. The molecule has 0 saturated heterocycles. The zero-order chi connectivity index (χ0) is 21.8. The summed E-state index contributed by atoms with van der Waals surface area (Å²) in [6, 6.07) is 6.34. The third kappa shape index (κ3) is 3.42. The lowest BCUT2D eigenvalue weighted by Crippen LogP contribution is -2.28. The Balaban J connectivity index is 1.86. The maximum atomic E-state index is 13.0. The summed E-state index contributed by atoms with van der Waals surface area (Å²) in [4.78, 5) is 33.1. The number of hydrogen-bond donors (Lipinski definition) is 3. The lowest BCUT2D eigenvalue weighted by molar-refractivity contribution is 0.0691. The lowest BCUT2D eigenvalue weighted by Gasteiger charge is -2.21. The molecule has 1 aromatic carbocycles. The molecule has 0 unspecified atom stereocenters. The molecule has 1 aliphatic rings. The maximum Gasteiger partial charge on any atom is 0.356 e. The predicted octanol–water partition coefficient (Wildman–Crippen LogP) is 3.14. The van der Waals surface area contributed by atoms with Crippen LogP contribution < -0.4 is 10.9 Å². The number of anilines is 1. The van der Waals surface area contributed by atoms with Crippen molar-refractivity contribution in [3.05, 3.63) is 62.4 Å². The fourth-order valence-corrected chi connectivity index (χ4v) is 3.81. The highest BCUT2D eigenvalue weighted by molar-refractivity contribution is 6.29. The van der Waals surface area contributed by atoms with Crippen molar-refractivity contribution in [2.24, 2.45) is 7.05 Å². The first-order valence-corrected chi connectivity index (χ1v) is 9.89. The smallest absolute Gasteiger partial charge is 0.356 e. The molecular weight excluding hydrogens is 408 g/mol. The minimum Gasteiger partial charge on any atom is -0.476 e. The van der Waals surface area contributed by atoms with Gasteiger partial charge in [-0.1, -0.05) is 17.7 Å². The van der Waals surface area contributed by atoms with Gasteiger partial charge < -0.3 is 15.5 Å². The van der Waals surface area contributed by atoms with Gasteiger partial charge in [-0.05, 0) is 50.5 Å². The van der Waals surface area contributed by atoms with E-state index in [4.69, 9.17) is 11.6 Å². The van der Waals surface area contributed by atoms with Gasteiger partial charge in [-0.3, -0.25) is 9.36 Å². The summed E-state index contributed by atoms with van der Waals surface area (Å²) in [5.41, 5.74) is 0.888. The van der Waals surface area contributed by atoms with Crippen molar-refractivity contribution in [3.63, 3.8) is 0 Å². The van der Waals surface area contributed by atoms with Gasteiger partial charge in [0.1, 0.15) is 16.6 Å². The van der Waals surface area contributed by atoms with Crippen molar-refractivity contribution in [1.82, 2.24) is 14.5 Å². The molecule has 3 N–H and O–H groups in total. The maximum absolute atomic E-state index is 13.0. The van der Waals surface area contributed by atoms with Gasteiger partial charge in [0.05, 0.1) is 22.6 Å². The van der Waals surface area contributed by atoms with Crippen molar-refractivity contribution in [3.8, 4) is 0 Å². The molecule has 0 amide bonds. The molecule has 0 aliphatic heterocycles. The number of aryl methyl sites for hydroxylation is 1. The van der Waals surface area contributed by atoms with Gasteiger partial charge in [0.15, 0.2) is 5.69 Å². The third-order valence-corrected chi connectivity index (χ3v) is 5.61. The van der Waals surface area contributed by atoms with E-state index in [9.17, 15) is 19.8 Å². The Labute approximate surface area is 177 Å². The van der Waals surface area contributed by atoms with Gasteiger partial charge in [0.25, 0.3) is 5.56 Å². The molecule has 0 bridgehead atoms. The minimum atomic E-state index is -1.20. The summed E-state index contributed by atoms with van der Waals surface area (Å²) < 4.78 is 1.41. The number of nitrogens with one attached hydrogen (secondary N) is 1. The van der Waals surface area contributed by atoms with Crippen LogP contribution in [0.1, 0.15) is 53.2 Å². The molecule has 1 atom stereocenters. The Bertz CT molecular complexity index is 1250. The highest BCUT2D eigenvalue weighted by Crippen LogP contribution is 2.44. The van der Waals surface area contributed by atoms with E-state index >= 15 is 0 Å². The molecular formula is C21H21ClN4O4. The standard InChI is InChI=1S/C21H21ClN4O4/c1-10-8-12(11(2)23-14-4-5-15(22)24-17(14)19(28)29)16-13(9-10)18(27)26(3)20(25-16)21(30)6-7-21/h4-5,8-9,11,23,30H,6-7H2,1-3H3,(H,28,29)/t11-/m1/s1. The first-order chi connectivity index (χ1) is 14.1. The zero-order valence-corrected chi connectivity index (χ0v) is 17.5. The molecule has 2 heterocycles. The molecule has 4 rings (SSSR count). The summed E-state index contributed by atoms with van der Waals surface area (Å²) >= 11 is 5.84. The Morgan fingerprint density at radius 3 is 2.63 bits per heavy atom. The quantitative estimate of drug-likeness (QED) is 0.534. The number of benzene rings is 1. The second-order valence-electron chi connectivity index (χ2n) is 7.78. The Morgan fingerprint density at radius 1 is 1.30 bits per heavy atom. The van der Waals surface area contributed by atoms with Gasteiger partial charge in [0.2, 0.25) is 0 Å². The Hall–Kier alpha value is -2.97. The molecule has 30 heavy (non-hydrogen) atoms. The summed E-state index contributed by atoms with van der Waals surface area (Å²) in [7, 11) is 1.61. The average molecular weight is 429 g/mol. The predicted molar refractivity (Wildman–Crippen MR) is 113 cm³/mol. The van der Waals surface area contributed by atoms with Crippen LogP contribution in [-0.4, -0.2) is 30.7 Å². The van der Waals surface area contributed by atoms with Crippen LogP contribution in [0.4, 0.5) is 5.69 Å². The molecule has 9 heteroatoms. The van der Waals surface area contributed by atoms with Crippen LogP contribution in [0.3, 0.4) is 0 Å². The van der Waals surface area contributed by atoms with Crippen molar-refractivity contribution in [2.75, 3.05) is 5.32 Å². The summed E-state index contributed by atoms with van der Waals surface area (Å²) in [5, 5.41) is 23.7. The average Bonchev–Trinajstić information content (AvgIpc) is 3.43. The molecule has 156 valence electrons. The third-order valence-electron chi connectivity index (χ3n) is 5.40. The number of hydrogen-bond acceptors (Lipinski definition) is 6. The molecule has 1 saturated carbocycles. The second-order valence-corrected chi connectivity index (χ2v) is 8.17. The van der Waals surface area contributed by atoms with Crippen molar-refractivity contribution in [1.29, 1.82) is 0 Å². The van der Waals surface area contributed by atoms with Crippen LogP contribution in [0, 0.1) is 6.92 Å². The van der Waals surface area contributed by atoms with E-state index in [-0.39, 0.29) is 16.4 Å². The number of carbonyl (C=O) groups is 1. The summed E-state index contributed by atoms with van der Waals surface area (Å²) in [5.74, 6) is -0.858. The molecule has 1 fully saturated rings. The number of aliphatic hydroxyl groups is 1. The highest BCUT2D eigenvalue weighted by Gasteiger charge is 2.46. The van der Waals surface area contributed by atoms with Gasteiger partial charge in [-0.2, -0.15) is 0 Å². The van der Waals surface area contributed by atoms with E-state index in [1.165, 1.54) is 10.6 Å². The van der Waals surface area contributed by atoms with Gasteiger partial charge in [0, 0.05) is 12.6 Å². The molecule has 8 nitrogen and oxygen atoms in total. The second kappa shape index (κ2) is 7.07. The normalized spacial score (nSPS) is 15.8. The van der Waals surface area contributed by atoms with Crippen LogP contribution in [-0.2, 0) is 12.6 Å². The molecule has 3 aromatic rings. The number of halogens is 1. The van der Waals surface area contributed by atoms with Crippen LogP contribution in [0.5, 0.6) is 0 Å². The van der Waals surface area contributed by atoms with E-state index in [0.29, 0.717) is 35.3 Å². The Kier molecular flexibility index (Phi) is 4.79. The molecule has 1 aliphatic carbocycles. The van der Waals surface area contributed by atoms with Gasteiger partial charge in [-0.25, -0.2) is 14.8 Å². The molecule has 2 aromatic heterocycles. The number of nitrogens with zero attached hydrogens (tertiary/aromatic N) is 3. The van der Waals surface area contributed by atoms with Crippen LogP contribution >= 0.6 is 11.6 Å². The molecule has 0 spiro atoms. The monoisotopic (exact) mass is 428 g/mol. The number of rotatable bonds is 5. The SMILES string of the molecule is Cc1cc([C@@H](C)Nc2ccc(Cl)nc2C(=O)O)c2nc(C3(O)CC3)n(C)c(=O)c2c1. The number of carboxylic acids is 1. The fourth-order valence-electron chi connectivity index (χ4n) is 3.67. The first-order valence-electron chi connectivity index (χ1n) is 9.51. The fraction of sp³-hybridized carbons (Fsp3) is 0.333. The molecule has 0 radical (unpaired) electrons. The number of aromatic nitrogens is 3. The topological polar surface area (TPSA) is 117 Å². The largest absolute Gasteiger partial charge is 0.476 e. The van der Waals surface area contributed by atoms with E-state index in [2.05, 4.69) is 15.3 Å². The first kappa shape index (κ1) is 20.3. The van der Waals surface area contributed by atoms with E-state index in [1.54, 1.807) is 19.2 Å². The van der Waals surface area contributed by atoms with Crippen molar-refractivity contribution < 1.29 is 15.0 Å². The summed E-state index contributed by atoms with van der Waals surface area (Å²) in [6.07, 6.45) is 1.12. The van der Waals surface area contributed by atoms with Gasteiger partial charge in [-0.15, -0.1) is 0 Å². The number of fused-ring (bicyclic) bond motifs is 1. The lowest BCUT2D eigenvalue weighted by atomic mass is 10.0. The number of pyridine rings is 1. The van der Waals surface area contributed by atoms with E-state index < -0.39 is 17.6 Å². The van der Waals surface area contributed by atoms with Gasteiger partial charge >= 0.3 is 5.97 Å². The number of carboxylic acid groups (broad SMARTS) is 1. The minimum absolute atomic E-state index is 0.0825. The van der Waals surface area contributed by atoms with E-state index in [1.807, 2.05) is 19.9 Å². The van der Waals surface area contributed by atoms with Crippen LogP contribution in [0.2, 0.25) is 5.15 Å². The zero-order valence-electron chi connectivity index (χ0n) is 16.7. The van der Waals surface area contributed by atoms with Crippen LogP contribution in [0.25, 0.3) is 10.9 Å². The van der Waals surface area contributed by atoms with Crippen molar-refractivity contribution in [2.45, 2.75) is 38.3 Å².